The van der Waals surface area contributed by atoms with Gasteiger partial charge in [-0.3, -0.25) is 4.98 Å². The first-order valence-corrected chi connectivity index (χ1v) is 8.74. The lowest BCUT2D eigenvalue weighted by Crippen LogP contribution is -2.16. The molecule has 2 aromatic carbocycles. The Bertz CT molecular complexity index is 1030. The van der Waals surface area contributed by atoms with Gasteiger partial charge in [0.1, 0.15) is 5.75 Å². The fourth-order valence-electron chi connectivity index (χ4n) is 2.89. The highest BCUT2D eigenvalue weighted by molar-refractivity contribution is 5.67. The van der Waals surface area contributed by atoms with Gasteiger partial charge in [-0.25, -0.2) is 0 Å². The monoisotopic (exact) mass is 394 g/mol. The molecule has 2 aromatic heterocycles. The largest absolute Gasteiger partial charge is 0.435 e. The van der Waals surface area contributed by atoms with E-state index in [1.54, 1.807) is 24.5 Å². The van der Waals surface area contributed by atoms with Crippen molar-refractivity contribution in [3.8, 4) is 17.1 Å². The molecule has 7 nitrogen and oxygen atoms in total. The molecule has 9 heteroatoms. The first-order valence-electron chi connectivity index (χ1n) is 8.74. The molecule has 0 saturated heterocycles. The maximum Gasteiger partial charge on any atom is 0.387 e. The summed E-state index contributed by atoms with van der Waals surface area (Å²) in [6.07, 6.45) is 3.50. The van der Waals surface area contributed by atoms with Crippen LogP contribution in [-0.4, -0.2) is 32.2 Å². The summed E-state index contributed by atoms with van der Waals surface area (Å²) >= 11 is 0. The van der Waals surface area contributed by atoms with Crippen molar-refractivity contribution in [2.24, 2.45) is 0 Å². The van der Waals surface area contributed by atoms with Gasteiger partial charge in [-0.05, 0) is 65.4 Å². The van der Waals surface area contributed by atoms with Crippen molar-refractivity contribution in [1.82, 2.24) is 25.6 Å². The average molecular weight is 394 g/mol. The third-order valence-corrected chi connectivity index (χ3v) is 4.22. The van der Waals surface area contributed by atoms with Gasteiger partial charge < -0.3 is 9.64 Å². The lowest BCUT2D eigenvalue weighted by Gasteiger charge is -2.25. The SMILES string of the molecule is FC(F)Oc1ccc(N(Cc2cccnc2)c2ccc(-c3nn[nH]n3)cc2)cc1. The number of tetrazole rings is 1. The van der Waals surface area contributed by atoms with E-state index in [4.69, 9.17) is 0 Å². The Morgan fingerprint density at radius 1 is 0.966 bits per heavy atom. The van der Waals surface area contributed by atoms with Crippen LogP contribution in [0, 0.1) is 0 Å². The van der Waals surface area contributed by atoms with Crippen LogP contribution in [0.3, 0.4) is 0 Å². The van der Waals surface area contributed by atoms with Crippen molar-refractivity contribution in [3.05, 3.63) is 78.6 Å². The first kappa shape index (κ1) is 18.5. The molecule has 0 unspecified atom stereocenters. The number of H-pyrrole nitrogens is 1. The molecule has 2 heterocycles. The third-order valence-electron chi connectivity index (χ3n) is 4.22. The summed E-state index contributed by atoms with van der Waals surface area (Å²) in [6, 6.07) is 18.0. The second-order valence-electron chi connectivity index (χ2n) is 6.10. The quantitative estimate of drug-likeness (QED) is 0.506. The van der Waals surface area contributed by atoms with E-state index in [0.717, 1.165) is 22.5 Å². The minimum absolute atomic E-state index is 0.109. The standard InChI is InChI=1S/C20H16F2N6O/c21-20(22)29-18-9-7-17(8-10-18)28(13-14-2-1-11-23-12-14)16-5-3-15(4-6-16)19-24-26-27-25-19/h1-12,20H,13H2,(H,24,25,26,27). The van der Waals surface area contributed by atoms with Crippen LogP contribution in [0.2, 0.25) is 0 Å². The number of nitrogens with one attached hydrogen (secondary N) is 1. The molecule has 4 aromatic rings. The molecule has 0 atom stereocenters. The molecule has 0 saturated carbocycles. The summed E-state index contributed by atoms with van der Waals surface area (Å²) in [7, 11) is 0. The molecule has 0 spiro atoms. The average Bonchev–Trinajstić information content (AvgIpc) is 3.28. The van der Waals surface area contributed by atoms with Gasteiger partial charge in [0, 0.05) is 35.9 Å². The fourth-order valence-corrected chi connectivity index (χ4v) is 2.89. The van der Waals surface area contributed by atoms with Crippen LogP contribution in [0.25, 0.3) is 11.4 Å². The van der Waals surface area contributed by atoms with Crippen LogP contribution in [0.4, 0.5) is 20.2 Å². The number of hydrogen-bond acceptors (Lipinski definition) is 6. The van der Waals surface area contributed by atoms with Gasteiger partial charge in [-0.2, -0.15) is 14.0 Å². The normalized spacial score (nSPS) is 10.9. The Morgan fingerprint density at radius 2 is 1.69 bits per heavy atom. The van der Waals surface area contributed by atoms with Crippen molar-refractivity contribution in [2.75, 3.05) is 4.90 Å². The number of rotatable bonds is 7. The van der Waals surface area contributed by atoms with Crippen LogP contribution in [0.1, 0.15) is 5.56 Å². The van der Waals surface area contributed by atoms with E-state index in [9.17, 15) is 8.78 Å². The zero-order valence-electron chi connectivity index (χ0n) is 15.1. The molecule has 0 aliphatic carbocycles. The molecule has 4 rings (SSSR count). The second-order valence-corrected chi connectivity index (χ2v) is 6.10. The van der Waals surface area contributed by atoms with Gasteiger partial charge in [0.2, 0.25) is 5.82 Å². The number of aromatic nitrogens is 5. The van der Waals surface area contributed by atoms with Gasteiger partial charge in [-0.1, -0.05) is 6.07 Å². The Labute approximate surface area is 165 Å². The van der Waals surface area contributed by atoms with E-state index < -0.39 is 6.61 Å². The van der Waals surface area contributed by atoms with Crippen molar-refractivity contribution in [1.29, 1.82) is 0 Å². The number of hydrogen-bond donors (Lipinski definition) is 1. The van der Waals surface area contributed by atoms with E-state index in [1.165, 1.54) is 12.1 Å². The van der Waals surface area contributed by atoms with Crippen LogP contribution in [-0.2, 0) is 6.54 Å². The summed E-state index contributed by atoms with van der Waals surface area (Å²) in [5.41, 5.74) is 3.55. The topological polar surface area (TPSA) is 79.8 Å². The summed E-state index contributed by atoms with van der Waals surface area (Å²) in [4.78, 5) is 6.21. The van der Waals surface area contributed by atoms with Crippen LogP contribution in [0.5, 0.6) is 5.75 Å². The molecule has 1 N–H and O–H groups in total. The van der Waals surface area contributed by atoms with Crippen LogP contribution >= 0.6 is 0 Å². The number of pyridine rings is 1. The number of benzene rings is 2. The Hall–Kier alpha value is -3.88. The number of alkyl halides is 2. The Kier molecular flexibility index (Phi) is 5.37. The molecule has 29 heavy (non-hydrogen) atoms. The van der Waals surface area contributed by atoms with Gasteiger partial charge in [-0.15, -0.1) is 10.2 Å². The maximum absolute atomic E-state index is 12.4. The Morgan fingerprint density at radius 3 is 2.28 bits per heavy atom. The third kappa shape index (κ3) is 4.52. The molecule has 0 fully saturated rings. The molecule has 0 amide bonds. The van der Waals surface area contributed by atoms with Crippen molar-refractivity contribution >= 4 is 11.4 Å². The smallest absolute Gasteiger partial charge is 0.387 e. The first-order chi connectivity index (χ1) is 14.2. The highest BCUT2D eigenvalue weighted by Gasteiger charge is 2.13. The van der Waals surface area contributed by atoms with Crippen LogP contribution < -0.4 is 9.64 Å². The molecular formula is C20H16F2N6O. The second kappa shape index (κ2) is 8.42. The fraction of sp³-hybridized carbons (Fsp3) is 0.100. The van der Waals surface area contributed by atoms with Crippen molar-refractivity contribution < 1.29 is 13.5 Å². The molecule has 0 bridgehead atoms. The highest BCUT2D eigenvalue weighted by atomic mass is 19.3. The van der Waals surface area contributed by atoms with Gasteiger partial charge in [0.15, 0.2) is 0 Å². The molecule has 0 radical (unpaired) electrons. The number of ether oxygens (including phenoxy) is 1. The lowest BCUT2D eigenvalue weighted by molar-refractivity contribution is -0.0498. The van der Waals surface area contributed by atoms with Gasteiger partial charge in [0.05, 0.1) is 0 Å². The van der Waals surface area contributed by atoms with E-state index in [-0.39, 0.29) is 5.75 Å². The highest BCUT2D eigenvalue weighted by Crippen LogP contribution is 2.30. The number of nitrogens with zero attached hydrogens (tertiary/aromatic N) is 5. The van der Waals surface area contributed by atoms with Crippen LogP contribution in [0.15, 0.2) is 73.1 Å². The maximum atomic E-state index is 12.4. The van der Waals surface area contributed by atoms with Crippen molar-refractivity contribution in [2.45, 2.75) is 13.2 Å². The zero-order valence-corrected chi connectivity index (χ0v) is 15.1. The molecule has 0 aliphatic rings. The van der Waals surface area contributed by atoms with Gasteiger partial charge >= 0.3 is 6.61 Å². The molecular weight excluding hydrogens is 378 g/mol. The number of halogens is 2. The number of aromatic amines is 1. The van der Waals surface area contributed by atoms with Crippen molar-refractivity contribution in [3.63, 3.8) is 0 Å². The predicted octanol–water partition coefficient (Wildman–Crippen LogP) is 4.20. The molecule has 0 aliphatic heterocycles. The minimum atomic E-state index is -2.86. The van der Waals surface area contributed by atoms with E-state index in [0.29, 0.717) is 12.4 Å². The van der Waals surface area contributed by atoms with Gasteiger partial charge in [0.25, 0.3) is 0 Å². The number of anilines is 2. The lowest BCUT2D eigenvalue weighted by atomic mass is 10.1. The summed E-state index contributed by atoms with van der Waals surface area (Å²) < 4.78 is 29.3. The molecule has 146 valence electrons. The summed E-state index contributed by atoms with van der Waals surface area (Å²) in [5.74, 6) is 0.612. The minimum Gasteiger partial charge on any atom is -0.435 e. The van der Waals surface area contributed by atoms with E-state index in [2.05, 4.69) is 30.3 Å². The summed E-state index contributed by atoms with van der Waals surface area (Å²) in [5, 5.41) is 14.0. The summed E-state index contributed by atoms with van der Waals surface area (Å²) in [6.45, 7) is -2.31. The Balaban J connectivity index is 1.65. The van der Waals surface area contributed by atoms with E-state index >= 15 is 0 Å². The predicted molar refractivity (Wildman–Crippen MR) is 103 cm³/mol. The van der Waals surface area contributed by atoms with E-state index in [1.807, 2.05) is 41.3 Å². The zero-order chi connectivity index (χ0) is 20.1.